The molecule has 1 atom stereocenters. The number of thiazole rings is 1. The van der Waals surface area contributed by atoms with E-state index in [0.29, 0.717) is 12.3 Å². The van der Waals surface area contributed by atoms with Crippen molar-refractivity contribution in [1.29, 1.82) is 0 Å². The van der Waals surface area contributed by atoms with Gasteiger partial charge in [0.1, 0.15) is 0 Å². The van der Waals surface area contributed by atoms with Gasteiger partial charge in [-0.3, -0.25) is 4.79 Å². The third-order valence-electron chi connectivity index (χ3n) is 2.75. The number of carbonyl (C=O) groups excluding carboxylic acids is 1. The Morgan fingerprint density at radius 1 is 1.37 bits per heavy atom. The summed E-state index contributed by atoms with van der Waals surface area (Å²) in [7, 11) is 0. The molecule has 0 aliphatic heterocycles. The molecule has 2 rings (SSSR count). The van der Waals surface area contributed by atoms with Gasteiger partial charge in [-0.2, -0.15) is 0 Å². The molecule has 3 nitrogen and oxygen atoms in total. The number of thiophene rings is 1. The first-order valence-electron chi connectivity index (χ1n) is 6.33. The molecule has 102 valence electrons. The van der Waals surface area contributed by atoms with E-state index in [0.717, 1.165) is 10.7 Å². The Hall–Kier alpha value is -1.20. The van der Waals surface area contributed by atoms with Crippen molar-refractivity contribution in [3.05, 3.63) is 38.5 Å². The van der Waals surface area contributed by atoms with E-state index in [1.54, 1.807) is 22.7 Å². The summed E-state index contributed by atoms with van der Waals surface area (Å²) in [6, 6.07) is 4.10. The molecule has 2 aromatic rings. The first kappa shape index (κ1) is 14.2. The topological polar surface area (TPSA) is 42.0 Å². The summed E-state index contributed by atoms with van der Waals surface area (Å²) < 4.78 is 0. The van der Waals surface area contributed by atoms with Gasteiger partial charge in [0.15, 0.2) is 0 Å². The van der Waals surface area contributed by atoms with Crippen molar-refractivity contribution >= 4 is 28.6 Å². The Labute approximate surface area is 121 Å². The molecule has 0 spiro atoms. The normalized spacial score (nSPS) is 12.6. The molecule has 5 heteroatoms. The maximum atomic E-state index is 12.0. The molecule has 0 unspecified atom stereocenters. The Balaban J connectivity index is 1.90. The fourth-order valence-electron chi connectivity index (χ4n) is 1.73. The Kier molecular flexibility index (Phi) is 4.71. The number of hydrogen-bond acceptors (Lipinski definition) is 4. The molecule has 0 saturated carbocycles. The number of hydrogen-bond donors (Lipinski definition) is 1. The molecule has 1 N–H and O–H groups in total. The zero-order valence-electron chi connectivity index (χ0n) is 11.3. The molecule has 19 heavy (non-hydrogen) atoms. The predicted molar refractivity (Wildman–Crippen MR) is 80.8 cm³/mol. The van der Waals surface area contributed by atoms with E-state index in [9.17, 15) is 4.79 Å². The van der Waals surface area contributed by atoms with Gasteiger partial charge in [-0.1, -0.05) is 19.9 Å². The third kappa shape index (κ3) is 3.88. The molecule has 2 aromatic heterocycles. The lowest BCUT2D eigenvalue weighted by atomic mass is 10.2. The van der Waals surface area contributed by atoms with Crippen molar-refractivity contribution in [3.63, 3.8) is 0 Å². The monoisotopic (exact) mass is 294 g/mol. The van der Waals surface area contributed by atoms with Crippen LogP contribution in [0.3, 0.4) is 0 Å². The zero-order valence-corrected chi connectivity index (χ0v) is 13.0. The largest absolute Gasteiger partial charge is 0.348 e. The standard InChI is InChI=1S/C14H18N2OS2/c1-9(2)14-16-11(8-19-14)7-13(17)15-10(3)12-5-4-6-18-12/h4-6,8-10H,7H2,1-3H3,(H,15,17)/t10-/m0/s1. The molecular formula is C14H18N2OS2. The van der Waals surface area contributed by atoms with Crippen LogP contribution in [-0.4, -0.2) is 10.9 Å². The second kappa shape index (κ2) is 6.30. The molecule has 0 aliphatic carbocycles. The van der Waals surface area contributed by atoms with Gasteiger partial charge in [-0.05, 0) is 18.4 Å². The van der Waals surface area contributed by atoms with Crippen molar-refractivity contribution < 1.29 is 4.79 Å². The van der Waals surface area contributed by atoms with E-state index in [1.807, 2.05) is 29.8 Å². The van der Waals surface area contributed by atoms with Gasteiger partial charge in [-0.25, -0.2) is 4.98 Å². The quantitative estimate of drug-likeness (QED) is 0.912. The van der Waals surface area contributed by atoms with Crippen LogP contribution in [0.15, 0.2) is 22.9 Å². The van der Waals surface area contributed by atoms with E-state index in [-0.39, 0.29) is 11.9 Å². The lowest BCUT2D eigenvalue weighted by Crippen LogP contribution is -2.27. The van der Waals surface area contributed by atoms with Crippen LogP contribution in [0, 0.1) is 0 Å². The molecular weight excluding hydrogens is 276 g/mol. The highest BCUT2D eigenvalue weighted by Gasteiger charge is 2.13. The SMILES string of the molecule is CC(C)c1nc(CC(=O)N[C@@H](C)c2cccs2)cs1. The van der Waals surface area contributed by atoms with Gasteiger partial charge in [0.25, 0.3) is 0 Å². The van der Waals surface area contributed by atoms with Gasteiger partial charge in [0.05, 0.1) is 23.2 Å². The second-order valence-electron chi connectivity index (χ2n) is 4.81. The molecule has 0 fully saturated rings. The van der Waals surface area contributed by atoms with Crippen LogP contribution < -0.4 is 5.32 Å². The molecule has 0 bridgehead atoms. The van der Waals surface area contributed by atoms with Crippen molar-refractivity contribution in [2.24, 2.45) is 0 Å². The summed E-state index contributed by atoms with van der Waals surface area (Å²) in [6.45, 7) is 6.23. The fraction of sp³-hybridized carbons (Fsp3) is 0.429. The highest BCUT2D eigenvalue weighted by molar-refractivity contribution is 7.10. The Morgan fingerprint density at radius 3 is 2.74 bits per heavy atom. The number of nitrogens with zero attached hydrogens (tertiary/aromatic N) is 1. The van der Waals surface area contributed by atoms with Crippen LogP contribution in [0.4, 0.5) is 0 Å². The third-order valence-corrected chi connectivity index (χ3v) is 5.00. The molecule has 0 saturated heterocycles. The number of aromatic nitrogens is 1. The Bertz CT molecular complexity index is 531. The maximum absolute atomic E-state index is 12.0. The molecule has 0 aliphatic rings. The summed E-state index contributed by atoms with van der Waals surface area (Å²) in [5.74, 6) is 0.452. The van der Waals surface area contributed by atoms with Crippen LogP contribution in [-0.2, 0) is 11.2 Å². The number of nitrogens with one attached hydrogen (secondary N) is 1. The molecule has 0 radical (unpaired) electrons. The van der Waals surface area contributed by atoms with E-state index >= 15 is 0 Å². The summed E-state index contributed by atoms with van der Waals surface area (Å²) >= 11 is 3.29. The first-order chi connectivity index (χ1) is 9.06. The number of carbonyl (C=O) groups is 1. The summed E-state index contributed by atoms with van der Waals surface area (Å²) in [4.78, 5) is 17.6. The van der Waals surface area contributed by atoms with Crippen molar-refractivity contribution in [2.45, 2.75) is 39.2 Å². The molecule has 0 aromatic carbocycles. The van der Waals surface area contributed by atoms with Crippen LogP contribution in [0.2, 0.25) is 0 Å². The van der Waals surface area contributed by atoms with Gasteiger partial charge < -0.3 is 5.32 Å². The van der Waals surface area contributed by atoms with Gasteiger partial charge in [0, 0.05) is 16.2 Å². The zero-order chi connectivity index (χ0) is 13.8. The number of rotatable bonds is 5. The van der Waals surface area contributed by atoms with E-state index in [4.69, 9.17) is 0 Å². The van der Waals surface area contributed by atoms with Gasteiger partial charge in [0.2, 0.25) is 5.91 Å². The first-order valence-corrected chi connectivity index (χ1v) is 8.09. The molecule has 2 heterocycles. The van der Waals surface area contributed by atoms with E-state index in [1.165, 1.54) is 4.88 Å². The van der Waals surface area contributed by atoms with Crippen LogP contribution in [0.1, 0.15) is 48.3 Å². The molecule has 1 amide bonds. The van der Waals surface area contributed by atoms with Crippen LogP contribution in [0.25, 0.3) is 0 Å². The smallest absolute Gasteiger partial charge is 0.226 e. The summed E-state index contributed by atoms with van der Waals surface area (Å²) in [6.07, 6.45) is 0.360. The van der Waals surface area contributed by atoms with Gasteiger partial charge in [-0.15, -0.1) is 22.7 Å². The minimum absolute atomic E-state index is 0.0292. The summed E-state index contributed by atoms with van der Waals surface area (Å²) in [5, 5.41) is 8.10. The van der Waals surface area contributed by atoms with Crippen molar-refractivity contribution in [2.75, 3.05) is 0 Å². The summed E-state index contributed by atoms with van der Waals surface area (Å²) in [5.41, 5.74) is 0.865. The average Bonchev–Trinajstić information content (AvgIpc) is 2.98. The predicted octanol–water partition coefficient (Wildman–Crippen LogP) is 3.75. The highest BCUT2D eigenvalue weighted by Crippen LogP contribution is 2.20. The van der Waals surface area contributed by atoms with Crippen LogP contribution >= 0.6 is 22.7 Å². The van der Waals surface area contributed by atoms with Crippen LogP contribution in [0.5, 0.6) is 0 Å². The van der Waals surface area contributed by atoms with E-state index < -0.39 is 0 Å². The lowest BCUT2D eigenvalue weighted by molar-refractivity contribution is -0.121. The van der Waals surface area contributed by atoms with E-state index in [2.05, 4.69) is 24.1 Å². The van der Waals surface area contributed by atoms with Gasteiger partial charge >= 0.3 is 0 Å². The number of amides is 1. The fourth-order valence-corrected chi connectivity index (χ4v) is 3.30. The highest BCUT2D eigenvalue weighted by atomic mass is 32.1. The van der Waals surface area contributed by atoms with Crippen molar-refractivity contribution in [1.82, 2.24) is 10.3 Å². The average molecular weight is 294 g/mol. The maximum Gasteiger partial charge on any atom is 0.226 e. The second-order valence-corrected chi connectivity index (χ2v) is 6.68. The van der Waals surface area contributed by atoms with Crippen molar-refractivity contribution in [3.8, 4) is 0 Å². The Morgan fingerprint density at radius 2 is 2.16 bits per heavy atom. The minimum atomic E-state index is 0.0292. The minimum Gasteiger partial charge on any atom is -0.348 e. The lowest BCUT2D eigenvalue weighted by Gasteiger charge is -2.11.